The molecule has 4 nitrogen and oxygen atoms in total. The van der Waals surface area contributed by atoms with E-state index in [2.05, 4.69) is 4.99 Å². The number of thiophene rings is 2. The highest BCUT2D eigenvalue weighted by atomic mass is 32.2. The SMILES string of the molecule is CCOC(=O)/C(=C/c1cccs1)C1=NC(=O)/C(=C/c2cccs2)S1. The standard InChI is InChI=1S/C17H13NO3S3/c1-2-21-17(20)13(9-11-5-3-7-22-11)16-18-15(19)14(24-16)10-12-6-4-8-23-12/h3-10H,2H2,1H3/b13-9+,14-10-. The van der Waals surface area contributed by atoms with Crippen LogP contribution in [0.2, 0.25) is 0 Å². The number of hydrogen-bond acceptors (Lipinski definition) is 6. The van der Waals surface area contributed by atoms with Gasteiger partial charge in [-0.1, -0.05) is 23.9 Å². The molecule has 0 N–H and O–H groups in total. The van der Waals surface area contributed by atoms with Gasteiger partial charge in [-0.25, -0.2) is 9.79 Å². The molecule has 1 amide bonds. The maximum atomic E-state index is 12.3. The number of amides is 1. The van der Waals surface area contributed by atoms with E-state index in [9.17, 15) is 9.59 Å². The summed E-state index contributed by atoms with van der Waals surface area (Å²) in [4.78, 5) is 30.9. The molecular formula is C17H13NO3S3. The van der Waals surface area contributed by atoms with Gasteiger partial charge in [-0.3, -0.25) is 4.79 Å². The van der Waals surface area contributed by atoms with Crippen molar-refractivity contribution >= 4 is 63.5 Å². The van der Waals surface area contributed by atoms with Crippen molar-refractivity contribution in [3.63, 3.8) is 0 Å². The van der Waals surface area contributed by atoms with Crippen molar-refractivity contribution in [3.05, 3.63) is 55.3 Å². The van der Waals surface area contributed by atoms with Crippen molar-refractivity contribution in [1.29, 1.82) is 0 Å². The number of nitrogens with zero attached hydrogens (tertiary/aromatic N) is 1. The van der Waals surface area contributed by atoms with Crippen molar-refractivity contribution in [2.24, 2.45) is 4.99 Å². The molecule has 0 bridgehead atoms. The van der Waals surface area contributed by atoms with Crippen LogP contribution in [0, 0.1) is 0 Å². The van der Waals surface area contributed by atoms with Gasteiger partial charge in [0.15, 0.2) is 0 Å². The quantitative estimate of drug-likeness (QED) is 0.571. The molecule has 0 atom stereocenters. The smallest absolute Gasteiger partial charge is 0.340 e. The van der Waals surface area contributed by atoms with Gasteiger partial charge in [0, 0.05) is 9.75 Å². The maximum absolute atomic E-state index is 12.3. The summed E-state index contributed by atoms with van der Waals surface area (Å²) < 4.78 is 5.12. The van der Waals surface area contributed by atoms with Crippen LogP contribution in [0.25, 0.3) is 12.2 Å². The number of carbonyl (C=O) groups excluding carboxylic acids is 2. The first-order valence-corrected chi connectivity index (χ1v) is 9.73. The van der Waals surface area contributed by atoms with E-state index in [1.165, 1.54) is 23.1 Å². The molecule has 122 valence electrons. The zero-order chi connectivity index (χ0) is 16.9. The largest absolute Gasteiger partial charge is 0.462 e. The Morgan fingerprint density at radius 2 is 1.92 bits per heavy atom. The zero-order valence-corrected chi connectivity index (χ0v) is 15.2. The first-order chi connectivity index (χ1) is 11.7. The summed E-state index contributed by atoms with van der Waals surface area (Å²) in [5.74, 6) is -0.799. The number of esters is 1. The Morgan fingerprint density at radius 3 is 2.54 bits per heavy atom. The molecule has 0 aromatic carbocycles. The van der Waals surface area contributed by atoms with Crippen LogP contribution in [0.4, 0.5) is 0 Å². The Bertz CT molecular complexity index is 831. The number of rotatable bonds is 5. The maximum Gasteiger partial charge on any atom is 0.340 e. The summed E-state index contributed by atoms with van der Waals surface area (Å²) in [6, 6.07) is 7.64. The van der Waals surface area contributed by atoms with E-state index in [1.54, 1.807) is 30.4 Å². The molecule has 0 unspecified atom stereocenters. The second-order valence-electron chi connectivity index (χ2n) is 4.64. The lowest BCUT2D eigenvalue weighted by molar-refractivity contribution is -0.137. The van der Waals surface area contributed by atoms with E-state index in [-0.39, 0.29) is 12.5 Å². The lowest BCUT2D eigenvalue weighted by Gasteiger charge is -2.05. The van der Waals surface area contributed by atoms with Gasteiger partial charge in [0.1, 0.15) is 5.04 Å². The average molecular weight is 375 g/mol. The van der Waals surface area contributed by atoms with Gasteiger partial charge in [0.2, 0.25) is 0 Å². The average Bonchev–Trinajstić information content (AvgIpc) is 3.29. The topological polar surface area (TPSA) is 55.7 Å². The van der Waals surface area contributed by atoms with Crippen LogP contribution in [-0.4, -0.2) is 23.5 Å². The van der Waals surface area contributed by atoms with Crippen molar-refractivity contribution in [2.75, 3.05) is 6.61 Å². The van der Waals surface area contributed by atoms with E-state index < -0.39 is 5.97 Å². The van der Waals surface area contributed by atoms with Crippen molar-refractivity contribution in [1.82, 2.24) is 0 Å². The molecule has 0 radical (unpaired) electrons. The van der Waals surface area contributed by atoms with Crippen LogP contribution in [-0.2, 0) is 14.3 Å². The van der Waals surface area contributed by atoms with Gasteiger partial charge in [-0.15, -0.1) is 22.7 Å². The highest BCUT2D eigenvalue weighted by Crippen LogP contribution is 2.33. The van der Waals surface area contributed by atoms with Crippen molar-refractivity contribution < 1.29 is 14.3 Å². The minimum Gasteiger partial charge on any atom is -0.462 e. The molecule has 1 aliphatic rings. The molecule has 2 aromatic heterocycles. The number of hydrogen-bond donors (Lipinski definition) is 0. The number of ether oxygens (including phenoxy) is 1. The van der Waals surface area contributed by atoms with Crippen LogP contribution in [0.3, 0.4) is 0 Å². The third-order valence-corrected chi connectivity index (χ3v) is 5.65. The van der Waals surface area contributed by atoms with E-state index in [1.807, 2.05) is 35.0 Å². The summed E-state index contributed by atoms with van der Waals surface area (Å²) in [5, 5.41) is 4.25. The lowest BCUT2D eigenvalue weighted by Crippen LogP contribution is -2.12. The molecule has 0 aliphatic carbocycles. The predicted molar refractivity (Wildman–Crippen MR) is 101 cm³/mol. The predicted octanol–water partition coefficient (Wildman–Crippen LogP) is 4.47. The highest BCUT2D eigenvalue weighted by molar-refractivity contribution is 8.19. The fourth-order valence-electron chi connectivity index (χ4n) is 1.96. The Balaban J connectivity index is 1.90. The second-order valence-corrected chi connectivity index (χ2v) is 7.63. The molecule has 7 heteroatoms. The summed E-state index contributed by atoms with van der Waals surface area (Å²) in [6.45, 7) is 2.02. The van der Waals surface area contributed by atoms with E-state index in [4.69, 9.17) is 4.74 Å². The molecule has 24 heavy (non-hydrogen) atoms. The molecule has 3 rings (SSSR count). The normalized spacial score (nSPS) is 16.5. The van der Waals surface area contributed by atoms with Crippen LogP contribution in [0.5, 0.6) is 0 Å². The van der Waals surface area contributed by atoms with Crippen LogP contribution >= 0.6 is 34.4 Å². The van der Waals surface area contributed by atoms with Crippen LogP contribution in [0.1, 0.15) is 16.7 Å². The molecule has 2 aromatic rings. The fraction of sp³-hybridized carbons (Fsp3) is 0.118. The third kappa shape index (κ3) is 3.92. The fourth-order valence-corrected chi connectivity index (χ4v) is 4.26. The number of thioether (sulfide) groups is 1. The summed E-state index contributed by atoms with van der Waals surface area (Å²) in [6.07, 6.45) is 3.51. The number of carbonyl (C=O) groups is 2. The van der Waals surface area contributed by atoms with E-state index in [0.717, 1.165) is 9.75 Å². The monoisotopic (exact) mass is 375 g/mol. The molecule has 0 saturated heterocycles. The molecule has 0 saturated carbocycles. The Kier molecular flexibility index (Phi) is 5.44. The first-order valence-electron chi connectivity index (χ1n) is 7.16. The molecular weight excluding hydrogens is 362 g/mol. The van der Waals surface area contributed by atoms with E-state index >= 15 is 0 Å². The van der Waals surface area contributed by atoms with Crippen molar-refractivity contribution in [2.45, 2.75) is 6.92 Å². The third-order valence-electron chi connectivity index (χ3n) is 2.99. The summed E-state index contributed by atoms with van der Waals surface area (Å²) >= 11 is 4.25. The van der Waals surface area contributed by atoms with Gasteiger partial charge >= 0.3 is 5.97 Å². The van der Waals surface area contributed by atoms with Gasteiger partial charge in [-0.05, 0) is 42.0 Å². The summed E-state index contributed by atoms with van der Waals surface area (Å²) in [5.41, 5.74) is 0.312. The second kappa shape index (κ2) is 7.74. The van der Waals surface area contributed by atoms with Crippen LogP contribution < -0.4 is 0 Å². The molecule has 0 spiro atoms. The highest BCUT2D eigenvalue weighted by Gasteiger charge is 2.28. The van der Waals surface area contributed by atoms with Gasteiger partial charge in [0.05, 0.1) is 17.1 Å². The Labute approximate surface area is 151 Å². The Hall–Kier alpha value is -1.96. The minimum atomic E-state index is -0.470. The lowest BCUT2D eigenvalue weighted by atomic mass is 10.2. The molecule has 1 aliphatic heterocycles. The van der Waals surface area contributed by atoms with E-state index in [0.29, 0.717) is 15.5 Å². The first kappa shape index (κ1) is 16.9. The molecule has 3 heterocycles. The minimum absolute atomic E-state index is 0.268. The number of aliphatic imine (C=N–C) groups is 1. The van der Waals surface area contributed by atoms with Crippen LogP contribution in [0.15, 0.2) is 50.5 Å². The van der Waals surface area contributed by atoms with Gasteiger partial charge in [-0.2, -0.15) is 0 Å². The Morgan fingerprint density at radius 1 is 1.21 bits per heavy atom. The molecule has 0 fully saturated rings. The summed E-state index contributed by atoms with van der Waals surface area (Å²) in [7, 11) is 0. The van der Waals surface area contributed by atoms with Gasteiger partial charge < -0.3 is 4.74 Å². The zero-order valence-electron chi connectivity index (χ0n) is 12.7. The van der Waals surface area contributed by atoms with Gasteiger partial charge in [0.25, 0.3) is 5.91 Å². The van der Waals surface area contributed by atoms with Crippen molar-refractivity contribution in [3.8, 4) is 0 Å².